The van der Waals surface area contributed by atoms with E-state index in [4.69, 9.17) is 0 Å². The van der Waals surface area contributed by atoms with Gasteiger partial charge in [0.05, 0.1) is 0 Å². The highest BCUT2D eigenvalue weighted by Gasteiger charge is 2.25. The lowest BCUT2D eigenvalue weighted by Gasteiger charge is -2.04. The summed E-state index contributed by atoms with van der Waals surface area (Å²) in [6.45, 7) is 1.39. The van der Waals surface area contributed by atoms with Crippen LogP contribution in [-0.4, -0.2) is 19.3 Å². The molecule has 5 nitrogen and oxygen atoms in total. The summed E-state index contributed by atoms with van der Waals surface area (Å²) in [5.41, 5.74) is -2.16. The molecule has 9 heteroatoms. The van der Waals surface area contributed by atoms with Gasteiger partial charge in [-0.1, -0.05) is 0 Å². The lowest BCUT2D eigenvalue weighted by molar-refractivity contribution is 0.399. The van der Waals surface area contributed by atoms with Crippen LogP contribution in [0.4, 0.5) is 17.6 Å². The van der Waals surface area contributed by atoms with E-state index < -0.39 is 34.9 Å². The van der Waals surface area contributed by atoms with Crippen molar-refractivity contribution in [1.29, 1.82) is 0 Å². The molecular weight excluding hydrogens is 256 g/mol. The van der Waals surface area contributed by atoms with Gasteiger partial charge in [-0.05, 0) is 6.92 Å². The minimum Gasteiger partial charge on any atom is -0.282 e. The van der Waals surface area contributed by atoms with E-state index in [2.05, 4.69) is 10.1 Å². The molecule has 2 heterocycles. The highest BCUT2D eigenvalue weighted by Crippen LogP contribution is 2.19. The summed E-state index contributed by atoms with van der Waals surface area (Å²) in [6, 6.07) is 0. The first-order valence-electron chi connectivity index (χ1n) is 4.67. The van der Waals surface area contributed by atoms with Crippen LogP contribution >= 0.6 is 0 Å². The summed E-state index contributed by atoms with van der Waals surface area (Å²) >= 11 is 0. The molecule has 0 fully saturated rings. The molecule has 2 aromatic heterocycles. The summed E-state index contributed by atoms with van der Waals surface area (Å²) < 4.78 is 53.8. The van der Waals surface area contributed by atoms with Crippen molar-refractivity contribution in [2.45, 2.75) is 6.92 Å². The van der Waals surface area contributed by atoms with Crippen molar-refractivity contribution in [2.75, 3.05) is 0 Å². The Morgan fingerprint density at radius 1 is 1.06 bits per heavy atom. The Kier molecular flexibility index (Phi) is 2.68. The maximum absolute atomic E-state index is 13.4. The van der Waals surface area contributed by atoms with Gasteiger partial charge in [0.2, 0.25) is 11.6 Å². The Hall–Kier alpha value is -2.19. The Labute approximate surface area is 97.3 Å². The van der Waals surface area contributed by atoms with E-state index in [0.717, 1.165) is 4.57 Å². The van der Waals surface area contributed by atoms with Gasteiger partial charge in [-0.3, -0.25) is 4.57 Å². The van der Waals surface area contributed by atoms with Crippen LogP contribution in [0.5, 0.6) is 0 Å². The van der Waals surface area contributed by atoms with Crippen molar-refractivity contribution in [3.63, 3.8) is 0 Å². The second-order valence-corrected chi connectivity index (χ2v) is 3.47. The molecule has 0 saturated heterocycles. The Bertz CT molecular complexity index is 665. The third-order valence-corrected chi connectivity index (χ3v) is 2.38. The highest BCUT2D eigenvalue weighted by molar-refractivity contribution is 5.32. The zero-order valence-electron chi connectivity index (χ0n) is 9.21. The Morgan fingerprint density at radius 2 is 1.56 bits per heavy atom. The molecule has 96 valence electrons. The van der Waals surface area contributed by atoms with Crippen LogP contribution in [0.25, 0.3) is 5.69 Å². The molecule has 0 bridgehead atoms. The first kappa shape index (κ1) is 12.3. The number of halogens is 4. The SMILES string of the molecule is Cc1nn(-c2c(F)c(F)nc(F)c2F)c(=O)n1C. The first-order valence-corrected chi connectivity index (χ1v) is 4.67. The summed E-state index contributed by atoms with van der Waals surface area (Å²) in [5, 5.41) is 3.51. The zero-order valence-corrected chi connectivity index (χ0v) is 9.21. The van der Waals surface area contributed by atoms with Crippen LogP contribution in [0.2, 0.25) is 0 Å². The van der Waals surface area contributed by atoms with E-state index in [1.807, 2.05) is 0 Å². The predicted octanol–water partition coefficient (Wildman–Crippen LogP) is 0.831. The molecule has 0 aliphatic heterocycles. The molecule has 0 aliphatic rings. The lowest BCUT2D eigenvalue weighted by Crippen LogP contribution is -2.24. The molecular formula is C9H6F4N4O. The highest BCUT2D eigenvalue weighted by atomic mass is 19.2. The van der Waals surface area contributed by atoms with Crippen molar-refractivity contribution < 1.29 is 17.6 Å². The van der Waals surface area contributed by atoms with Crippen molar-refractivity contribution >= 4 is 0 Å². The molecule has 0 amide bonds. The molecule has 2 aromatic rings. The van der Waals surface area contributed by atoms with Gasteiger partial charge in [-0.2, -0.15) is 32.3 Å². The van der Waals surface area contributed by atoms with E-state index in [1.165, 1.54) is 14.0 Å². The van der Waals surface area contributed by atoms with Crippen molar-refractivity contribution in [1.82, 2.24) is 19.3 Å². The number of rotatable bonds is 1. The number of hydrogen-bond donors (Lipinski definition) is 0. The fourth-order valence-corrected chi connectivity index (χ4v) is 1.34. The number of hydrogen-bond acceptors (Lipinski definition) is 3. The minimum atomic E-state index is -1.85. The van der Waals surface area contributed by atoms with Crippen LogP contribution in [-0.2, 0) is 7.05 Å². The van der Waals surface area contributed by atoms with Crippen LogP contribution in [0.15, 0.2) is 4.79 Å². The molecule has 0 N–H and O–H groups in total. The smallest absolute Gasteiger partial charge is 0.282 e. The van der Waals surface area contributed by atoms with Gasteiger partial charge in [0, 0.05) is 7.05 Å². The second-order valence-electron chi connectivity index (χ2n) is 3.47. The predicted molar refractivity (Wildman–Crippen MR) is 51.2 cm³/mol. The molecule has 0 radical (unpaired) electrons. The van der Waals surface area contributed by atoms with Gasteiger partial charge >= 0.3 is 5.69 Å². The number of pyridine rings is 1. The van der Waals surface area contributed by atoms with Gasteiger partial charge in [0.1, 0.15) is 5.82 Å². The first-order chi connectivity index (χ1) is 8.34. The fraction of sp³-hybridized carbons (Fsp3) is 0.222. The second kappa shape index (κ2) is 3.93. The molecule has 2 rings (SSSR count). The maximum Gasteiger partial charge on any atom is 0.350 e. The normalized spacial score (nSPS) is 11.0. The standard InChI is InChI=1S/C9H6F4N4O/c1-3-15-17(9(18)16(3)2)6-4(10)7(12)14-8(13)5(6)11/h1-2H3. The average Bonchev–Trinajstić information content (AvgIpc) is 2.55. The van der Waals surface area contributed by atoms with E-state index >= 15 is 0 Å². The monoisotopic (exact) mass is 262 g/mol. The third-order valence-electron chi connectivity index (χ3n) is 2.38. The maximum atomic E-state index is 13.4. The van der Waals surface area contributed by atoms with Crippen molar-refractivity contribution in [3.05, 3.63) is 39.8 Å². The zero-order chi connectivity index (χ0) is 13.6. The van der Waals surface area contributed by atoms with Crippen LogP contribution in [0, 0.1) is 30.5 Å². The van der Waals surface area contributed by atoms with E-state index in [0.29, 0.717) is 0 Å². The molecule has 0 unspecified atom stereocenters. The quantitative estimate of drug-likeness (QED) is 0.565. The van der Waals surface area contributed by atoms with E-state index in [-0.39, 0.29) is 10.5 Å². The molecule has 0 spiro atoms. The van der Waals surface area contributed by atoms with Crippen molar-refractivity contribution in [2.24, 2.45) is 7.05 Å². The summed E-state index contributed by atoms with van der Waals surface area (Å²) in [7, 11) is 1.30. The van der Waals surface area contributed by atoms with Crippen LogP contribution < -0.4 is 5.69 Å². The lowest BCUT2D eigenvalue weighted by atomic mass is 10.3. The molecule has 18 heavy (non-hydrogen) atoms. The van der Waals surface area contributed by atoms with Gasteiger partial charge in [-0.25, -0.2) is 4.79 Å². The van der Waals surface area contributed by atoms with Crippen LogP contribution in [0.3, 0.4) is 0 Å². The Balaban J connectivity index is 2.87. The molecule has 0 atom stereocenters. The molecule has 0 saturated carbocycles. The number of aromatic nitrogens is 4. The van der Waals surface area contributed by atoms with Gasteiger partial charge < -0.3 is 0 Å². The summed E-state index contributed by atoms with van der Waals surface area (Å²) in [5.74, 6) is -7.14. The van der Waals surface area contributed by atoms with E-state index in [1.54, 1.807) is 0 Å². The van der Waals surface area contributed by atoms with E-state index in [9.17, 15) is 22.4 Å². The Morgan fingerprint density at radius 3 is 1.94 bits per heavy atom. The number of aryl methyl sites for hydroxylation is 1. The average molecular weight is 262 g/mol. The number of nitrogens with zero attached hydrogens (tertiary/aromatic N) is 4. The van der Waals surface area contributed by atoms with Crippen LogP contribution in [0.1, 0.15) is 5.82 Å². The topological polar surface area (TPSA) is 52.7 Å². The van der Waals surface area contributed by atoms with Gasteiger partial charge in [-0.15, -0.1) is 0 Å². The van der Waals surface area contributed by atoms with Gasteiger partial charge in [0.25, 0.3) is 11.9 Å². The summed E-state index contributed by atoms with van der Waals surface area (Å²) in [4.78, 5) is 14.0. The molecule has 0 aromatic carbocycles. The fourth-order valence-electron chi connectivity index (χ4n) is 1.34. The van der Waals surface area contributed by atoms with Crippen molar-refractivity contribution in [3.8, 4) is 5.69 Å². The summed E-state index contributed by atoms with van der Waals surface area (Å²) in [6.07, 6.45) is 0. The third kappa shape index (κ3) is 1.59. The largest absolute Gasteiger partial charge is 0.350 e. The van der Waals surface area contributed by atoms with Gasteiger partial charge in [0.15, 0.2) is 5.69 Å². The minimum absolute atomic E-state index is 0.122. The molecule has 0 aliphatic carbocycles.